The zero-order chi connectivity index (χ0) is 10.4. The molecule has 2 saturated heterocycles. The maximum atomic E-state index is 10.7. The molecule has 1 aromatic heterocycles. The molecule has 2 aliphatic rings. The predicted octanol–water partition coefficient (Wildman–Crippen LogP) is 1.59. The maximum absolute atomic E-state index is 10.7. The number of carbonyl (C=O) groups excluding carboxylic acids is 1. The molecule has 6 heteroatoms. The fourth-order valence-corrected chi connectivity index (χ4v) is 3.27. The zero-order valence-electron chi connectivity index (χ0n) is 7.85. The van der Waals surface area contributed by atoms with Gasteiger partial charge in [0.15, 0.2) is 16.6 Å². The highest BCUT2D eigenvalue weighted by Crippen LogP contribution is 2.36. The lowest BCUT2D eigenvalue weighted by molar-refractivity contribution is 0.0991. The lowest BCUT2D eigenvalue weighted by atomic mass is 10.2. The number of carbonyl (C=O) groups is 1. The Hall–Kier alpha value is -0.650. The third-order valence-electron chi connectivity index (χ3n) is 2.85. The van der Waals surface area contributed by atoms with Crippen molar-refractivity contribution in [3.05, 3.63) is 10.0 Å². The van der Waals surface area contributed by atoms with E-state index in [1.807, 2.05) is 0 Å². The molecule has 2 atom stereocenters. The van der Waals surface area contributed by atoms with Crippen molar-refractivity contribution in [2.24, 2.45) is 0 Å². The monoisotopic (exact) mass is 244 g/mol. The SMILES string of the molecule is O=Cc1sc(N2C[C@@H]3C[C@H]2CO3)nc1Cl. The van der Waals surface area contributed by atoms with Crippen molar-refractivity contribution in [1.82, 2.24) is 4.98 Å². The van der Waals surface area contributed by atoms with Crippen molar-refractivity contribution in [1.29, 1.82) is 0 Å². The second kappa shape index (κ2) is 3.43. The number of thiazole rings is 1. The molecule has 1 aromatic rings. The first-order chi connectivity index (χ1) is 7.28. The van der Waals surface area contributed by atoms with E-state index in [4.69, 9.17) is 16.3 Å². The van der Waals surface area contributed by atoms with Gasteiger partial charge in [0.25, 0.3) is 0 Å². The molecule has 0 unspecified atom stereocenters. The van der Waals surface area contributed by atoms with Gasteiger partial charge in [-0.05, 0) is 6.42 Å². The molecule has 0 amide bonds. The van der Waals surface area contributed by atoms with Crippen LogP contribution in [-0.2, 0) is 4.74 Å². The highest BCUT2D eigenvalue weighted by atomic mass is 35.5. The molecule has 0 aromatic carbocycles. The van der Waals surface area contributed by atoms with Crippen molar-refractivity contribution < 1.29 is 9.53 Å². The van der Waals surface area contributed by atoms with Crippen LogP contribution >= 0.6 is 22.9 Å². The summed E-state index contributed by atoms with van der Waals surface area (Å²) in [5.41, 5.74) is 0. The fourth-order valence-electron chi connectivity index (χ4n) is 2.13. The van der Waals surface area contributed by atoms with Crippen LogP contribution in [0, 0.1) is 0 Å². The summed E-state index contributed by atoms with van der Waals surface area (Å²) in [5.74, 6) is 0. The van der Waals surface area contributed by atoms with E-state index in [1.54, 1.807) is 0 Å². The number of aldehydes is 1. The number of hydrogen-bond donors (Lipinski definition) is 0. The van der Waals surface area contributed by atoms with Gasteiger partial charge < -0.3 is 9.64 Å². The molecule has 2 fully saturated rings. The summed E-state index contributed by atoms with van der Waals surface area (Å²) < 4.78 is 5.50. The molecule has 3 rings (SSSR count). The quantitative estimate of drug-likeness (QED) is 0.741. The van der Waals surface area contributed by atoms with Crippen LogP contribution in [0.15, 0.2) is 0 Å². The van der Waals surface area contributed by atoms with E-state index in [0.29, 0.717) is 22.2 Å². The number of rotatable bonds is 2. The smallest absolute Gasteiger partial charge is 0.187 e. The molecule has 0 saturated carbocycles. The van der Waals surface area contributed by atoms with Gasteiger partial charge in [-0.2, -0.15) is 0 Å². The Kier molecular flexibility index (Phi) is 2.19. The summed E-state index contributed by atoms with van der Waals surface area (Å²) in [7, 11) is 0. The van der Waals surface area contributed by atoms with Gasteiger partial charge in [-0.1, -0.05) is 22.9 Å². The highest BCUT2D eigenvalue weighted by Gasteiger charge is 2.40. The number of halogens is 1. The van der Waals surface area contributed by atoms with Crippen molar-refractivity contribution in [3.63, 3.8) is 0 Å². The maximum Gasteiger partial charge on any atom is 0.187 e. The highest BCUT2D eigenvalue weighted by molar-refractivity contribution is 7.17. The lowest BCUT2D eigenvalue weighted by Gasteiger charge is -2.25. The van der Waals surface area contributed by atoms with Crippen LogP contribution in [0.2, 0.25) is 5.15 Å². The Balaban J connectivity index is 1.90. The molecule has 3 heterocycles. The average Bonchev–Trinajstić information content (AvgIpc) is 2.90. The third-order valence-corrected chi connectivity index (χ3v) is 4.27. The molecule has 4 nitrogen and oxygen atoms in total. The molecule has 15 heavy (non-hydrogen) atoms. The lowest BCUT2D eigenvalue weighted by Crippen LogP contribution is -2.36. The number of aromatic nitrogens is 1. The second-order valence-electron chi connectivity index (χ2n) is 3.77. The van der Waals surface area contributed by atoms with E-state index in [9.17, 15) is 4.79 Å². The summed E-state index contributed by atoms with van der Waals surface area (Å²) in [6.07, 6.45) is 2.15. The number of fused-ring (bicyclic) bond motifs is 2. The number of anilines is 1. The van der Waals surface area contributed by atoms with Crippen molar-refractivity contribution >= 4 is 34.4 Å². The van der Waals surface area contributed by atoms with Gasteiger partial charge in [-0.15, -0.1) is 0 Å². The molecular weight excluding hydrogens is 236 g/mol. The van der Waals surface area contributed by atoms with Gasteiger partial charge in [0.2, 0.25) is 0 Å². The summed E-state index contributed by atoms with van der Waals surface area (Å²) >= 11 is 7.19. The van der Waals surface area contributed by atoms with Gasteiger partial charge >= 0.3 is 0 Å². The van der Waals surface area contributed by atoms with E-state index < -0.39 is 0 Å². The van der Waals surface area contributed by atoms with E-state index in [2.05, 4.69) is 9.88 Å². The molecule has 0 radical (unpaired) electrons. The predicted molar refractivity (Wildman–Crippen MR) is 58.0 cm³/mol. The number of morpholine rings is 1. The van der Waals surface area contributed by atoms with E-state index >= 15 is 0 Å². The summed E-state index contributed by atoms with van der Waals surface area (Å²) in [5, 5.41) is 1.16. The normalized spacial score (nSPS) is 28.7. The van der Waals surface area contributed by atoms with Crippen molar-refractivity contribution in [2.75, 3.05) is 18.1 Å². The first-order valence-corrected chi connectivity index (χ1v) is 5.97. The van der Waals surface area contributed by atoms with E-state index in [1.165, 1.54) is 11.3 Å². The molecule has 0 spiro atoms. The van der Waals surface area contributed by atoms with Crippen LogP contribution in [0.3, 0.4) is 0 Å². The number of ether oxygens (including phenoxy) is 1. The minimum absolute atomic E-state index is 0.314. The fraction of sp³-hybridized carbons (Fsp3) is 0.556. The van der Waals surface area contributed by atoms with E-state index in [-0.39, 0.29) is 0 Å². The molecule has 80 valence electrons. The van der Waals surface area contributed by atoms with Crippen LogP contribution in [0.4, 0.5) is 5.13 Å². The Morgan fingerprint density at radius 3 is 3.07 bits per heavy atom. The van der Waals surface area contributed by atoms with Gasteiger partial charge in [0.1, 0.15) is 4.88 Å². The Bertz CT molecular complexity index is 409. The van der Waals surface area contributed by atoms with Crippen LogP contribution in [0.1, 0.15) is 16.1 Å². The molecule has 2 bridgehead atoms. The summed E-state index contributed by atoms with van der Waals surface area (Å²) in [6, 6.07) is 0.414. The molecule has 0 N–H and O–H groups in total. The largest absolute Gasteiger partial charge is 0.374 e. The first-order valence-electron chi connectivity index (χ1n) is 4.77. The average molecular weight is 245 g/mol. The standard InChI is InChI=1S/C9H9ClN2O2S/c10-8-7(3-13)15-9(11-8)12-2-6-1-5(12)4-14-6/h3,5-6H,1-2,4H2/t5-,6-/m0/s1. The topological polar surface area (TPSA) is 42.4 Å². The Morgan fingerprint density at radius 2 is 2.53 bits per heavy atom. The van der Waals surface area contributed by atoms with E-state index in [0.717, 1.165) is 31.0 Å². The van der Waals surface area contributed by atoms with Crippen molar-refractivity contribution in [3.8, 4) is 0 Å². The Morgan fingerprint density at radius 1 is 1.67 bits per heavy atom. The third kappa shape index (κ3) is 1.46. The molecule has 2 aliphatic heterocycles. The number of nitrogens with zero attached hydrogens (tertiary/aromatic N) is 2. The Labute approximate surface area is 95.8 Å². The van der Waals surface area contributed by atoms with Crippen molar-refractivity contribution in [2.45, 2.75) is 18.6 Å². The first kappa shape index (κ1) is 9.57. The van der Waals surface area contributed by atoms with Gasteiger partial charge in [-0.25, -0.2) is 4.98 Å². The van der Waals surface area contributed by atoms with Crippen LogP contribution in [0.5, 0.6) is 0 Å². The minimum Gasteiger partial charge on any atom is -0.374 e. The van der Waals surface area contributed by atoms with Crippen LogP contribution < -0.4 is 4.90 Å². The van der Waals surface area contributed by atoms with Crippen LogP contribution in [0.25, 0.3) is 0 Å². The zero-order valence-corrected chi connectivity index (χ0v) is 9.42. The summed E-state index contributed by atoms with van der Waals surface area (Å²) in [4.78, 5) is 17.6. The summed E-state index contributed by atoms with van der Waals surface area (Å²) in [6.45, 7) is 1.63. The molecular formula is C9H9ClN2O2S. The van der Waals surface area contributed by atoms with Gasteiger partial charge in [0.05, 0.1) is 18.8 Å². The van der Waals surface area contributed by atoms with Gasteiger partial charge in [-0.3, -0.25) is 4.79 Å². The second-order valence-corrected chi connectivity index (χ2v) is 5.13. The molecule has 0 aliphatic carbocycles. The number of hydrogen-bond acceptors (Lipinski definition) is 5. The van der Waals surface area contributed by atoms with Crippen LogP contribution in [-0.4, -0.2) is 36.6 Å². The minimum atomic E-state index is 0.314. The van der Waals surface area contributed by atoms with Gasteiger partial charge in [0, 0.05) is 6.54 Å².